The number of aromatic nitrogens is 4. The molecule has 0 spiro atoms. The fourth-order valence-corrected chi connectivity index (χ4v) is 4.16. The molecular formula is C23H23N5. The van der Waals surface area contributed by atoms with E-state index in [0.717, 1.165) is 36.5 Å². The minimum Gasteiger partial charge on any atom is -0.298 e. The second-order valence-electron chi connectivity index (χ2n) is 7.47. The van der Waals surface area contributed by atoms with Gasteiger partial charge in [-0.05, 0) is 43.1 Å². The zero-order valence-corrected chi connectivity index (χ0v) is 15.8. The highest BCUT2D eigenvalue weighted by Crippen LogP contribution is 2.29. The number of piperidine rings is 1. The van der Waals surface area contributed by atoms with Crippen molar-refractivity contribution in [2.24, 2.45) is 0 Å². The molecule has 0 amide bonds. The molecule has 1 aliphatic rings. The van der Waals surface area contributed by atoms with E-state index in [1.54, 1.807) is 6.20 Å². The fraction of sp³-hybridized carbons (Fsp3) is 0.261. The van der Waals surface area contributed by atoms with Crippen molar-refractivity contribution in [1.82, 2.24) is 24.5 Å². The molecule has 1 aromatic carbocycles. The predicted molar refractivity (Wildman–Crippen MR) is 110 cm³/mol. The molecule has 3 aromatic heterocycles. The molecule has 0 bridgehead atoms. The molecule has 1 atom stereocenters. The molecule has 1 aliphatic heterocycles. The van der Waals surface area contributed by atoms with Crippen molar-refractivity contribution in [2.45, 2.75) is 25.3 Å². The molecule has 0 aliphatic carbocycles. The van der Waals surface area contributed by atoms with E-state index < -0.39 is 0 Å². The molecule has 4 heterocycles. The molecule has 0 radical (unpaired) electrons. The average molecular weight is 369 g/mol. The Hall–Kier alpha value is -3.05. The quantitative estimate of drug-likeness (QED) is 0.542. The third kappa shape index (κ3) is 3.41. The second kappa shape index (κ2) is 7.52. The normalized spacial score (nSPS) is 17.8. The van der Waals surface area contributed by atoms with Crippen LogP contribution in [0.4, 0.5) is 0 Å². The number of nitrogens with zero attached hydrogens (tertiary/aromatic N) is 5. The third-order valence-electron chi connectivity index (χ3n) is 5.52. The first-order valence-corrected chi connectivity index (χ1v) is 9.88. The lowest BCUT2D eigenvalue weighted by Crippen LogP contribution is -2.34. The van der Waals surface area contributed by atoms with Crippen LogP contribution in [0.2, 0.25) is 0 Å². The Balaban J connectivity index is 1.43. The monoisotopic (exact) mass is 369 g/mol. The first-order chi connectivity index (χ1) is 13.9. The summed E-state index contributed by atoms with van der Waals surface area (Å²) in [5.41, 5.74) is 5.47. The van der Waals surface area contributed by atoms with E-state index in [1.807, 2.05) is 35.1 Å². The van der Waals surface area contributed by atoms with Crippen LogP contribution in [0.5, 0.6) is 0 Å². The van der Waals surface area contributed by atoms with Gasteiger partial charge in [-0.15, -0.1) is 0 Å². The number of rotatable bonds is 4. The van der Waals surface area contributed by atoms with E-state index in [4.69, 9.17) is 5.10 Å². The van der Waals surface area contributed by atoms with Crippen LogP contribution in [-0.4, -0.2) is 37.6 Å². The van der Waals surface area contributed by atoms with Gasteiger partial charge >= 0.3 is 0 Å². The summed E-state index contributed by atoms with van der Waals surface area (Å²) in [6.07, 6.45) is 7.94. The maximum atomic E-state index is 4.86. The molecular weight excluding hydrogens is 346 g/mol. The Morgan fingerprint density at radius 1 is 1.00 bits per heavy atom. The maximum Gasteiger partial charge on any atom is 0.155 e. The largest absolute Gasteiger partial charge is 0.298 e. The SMILES string of the molecule is c1ccc(CN2CCCC(c3ccnc4cc(-c5cccnc5)nn34)C2)cc1. The van der Waals surface area contributed by atoms with Crippen LogP contribution in [0.15, 0.2) is 73.2 Å². The van der Waals surface area contributed by atoms with E-state index in [-0.39, 0.29) is 0 Å². The van der Waals surface area contributed by atoms with Gasteiger partial charge in [0.2, 0.25) is 0 Å². The Labute approximate surface area is 164 Å². The summed E-state index contributed by atoms with van der Waals surface area (Å²) in [5.74, 6) is 0.463. The highest BCUT2D eigenvalue weighted by Gasteiger charge is 2.24. The number of benzene rings is 1. The molecule has 28 heavy (non-hydrogen) atoms. The number of hydrogen-bond donors (Lipinski definition) is 0. The summed E-state index contributed by atoms with van der Waals surface area (Å²) in [4.78, 5) is 11.3. The smallest absolute Gasteiger partial charge is 0.155 e. The molecule has 4 aromatic rings. The van der Waals surface area contributed by atoms with Gasteiger partial charge in [0.05, 0.1) is 11.4 Å². The number of hydrogen-bond acceptors (Lipinski definition) is 4. The van der Waals surface area contributed by atoms with Crippen LogP contribution < -0.4 is 0 Å². The van der Waals surface area contributed by atoms with Crippen LogP contribution in [0, 0.1) is 0 Å². The molecule has 1 fully saturated rings. The Bertz CT molecular complexity index is 1060. The molecule has 0 saturated carbocycles. The molecule has 5 rings (SSSR count). The van der Waals surface area contributed by atoms with Gasteiger partial charge in [0.25, 0.3) is 0 Å². The van der Waals surface area contributed by atoms with E-state index >= 15 is 0 Å². The Morgan fingerprint density at radius 2 is 1.93 bits per heavy atom. The van der Waals surface area contributed by atoms with Crippen LogP contribution in [0.3, 0.4) is 0 Å². The predicted octanol–water partition coefficient (Wildman–Crippen LogP) is 4.17. The van der Waals surface area contributed by atoms with Gasteiger partial charge in [-0.25, -0.2) is 9.50 Å². The van der Waals surface area contributed by atoms with Gasteiger partial charge in [0, 0.05) is 49.2 Å². The van der Waals surface area contributed by atoms with Crippen molar-refractivity contribution < 1.29 is 0 Å². The van der Waals surface area contributed by atoms with Crippen molar-refractivity contribution in [2.75, 3.05) is 13.1 Å². The van der Waals surface area contributed by atoms with Gasteiger partial charge in [-0.1, -0.05) is 30.3 Å². The highest BCUT2D eigenvalue weighted by atomic mass is 15.3. The van der Waals surface area contributed by atoms with E-state index in [9.17, 15) is 0 Å². The van der Waals surface area contributed by atoms with Crippen molar-refractivity contribution in [3.8, 4) is 11.3 Å². The minimum absolute atomic E-state index is 0.463. The Morgan fingerprint density at radius 3 is 2.79 bits per heavy atom. The van der Waals surface area contributed by atoms with Crippen LogP contribution in [0.1, 0.15) is 30.0 Å². The lowest BCUT2D eigenvalue weighted by molar-refractivity contribution is 0.197. The van der Waals surface area contributed by atoms with Crippen LogP contribution in [-0.2, 0) is 6.54 Å². The summed E-state index contributed by atoms with van der Waals surface area (Å²) >= 11 is 0. The molecule has 1 unspecified atom stereocenters. The summed E-state index contributed by atoms with van der Waals surface area (Å²) in [7, 11) is 0. The topological polar surface area (TPSA) is 46.3 Å². The van der Waals surface area contributed by atoms with Crippen LogP contribution in [0.25, 0.3) is 16.9 Å². The number of fused-ring (bicyclic) bond motifs is 1. The zero-order chi connectivity index (χ0) is 18.8. The summed E-state index contributed by atoms with van der Waals surface area (Å²) in [6, 6.07) is 18.9. The first-order valence-electron chi connectivity index (χ1n) is 9.88. The van der Waals surface area contributed by atoms with Crippen molar-refractivity contribution >= 4 is 5.65 Å². The van der Waals surface area contributed by atoms with Gasteiger partial charge < -0.3 is 0 Å². The van der Waals surface area contributed by atoms with Gasteiger partial charge in [-0.2, -0.15) is 5.10 Å². The standard InChI is InChI=1S/C23H23N5/c1-2-6-18(7-3-1)16-27-13-5-9-20(17-27)22-10-12-25-23-14-21(26-28(22)23)19-8-4-11-24-15-19/h1-4,6-8,10-12,14-15,20H,5,9,13,16-17H2. The number of likely N-dealkylation sites (tertiary alicyclic amines) is 1. The lowest BCUT2D eigenvalue weighted by atomic mass is 9.94. The third-order valence-corrected chi connectivity index (χ3v) is 5.52. The van der Waals surface area contributed by atoms with E-state index in [1.165, 1.54) is 24.1 Å². The van der Waals surface area contributed by atoms with Gasteiger partial charge in [-0.3, -0.25) is 9.88 Å². The summed E-state index contributed by atoms with van der Waals surface area (Å²) < 4.78 is 2.03. The van der Waals surface area contributed by atoms with E-state index in [0.29, 0.717) is 5.92 Å². The lowest BCUT2D eigenvalue weighted by Gasteiger charge is -2.33. The minimum atomic E-state index is 0.463. The fourth-order valence-electron chi connectivity index (χ4n) is 4.16. The highest BCUT2D eigenvalue weighted by molar-refractivity contribution is 5.63. The van der Waals surface area contributed by atoms with Gasteiger partial charge in [0.15, 0.2) is 5.65 Å². The molecule has 0 N–H and O–H groups in total. The zero-order valence-electron chi connectivity index (χ0n) is 15.8. The second-order valence-corrected chi connectivity index (χ2v) is 7.47. The number of pyridine rings is 1. The van der Waals surface area contributed by atoms with Crippen LogP contribution >= 0.6 is 0 Å². The molecule has 5 heteroatoms. The van der Waals surface area contributed by atoms with Crippen molar-refractivity contribution in [3.05, 3.63) is 84.4 Å². The van der Waals surface area contributed by atoms with Crippen molar-refractivity contribution in [3.63, 3.8) is 0 Å². The maximum absolute atomic E-state index is 4.86. The summed E-state index contributed by atoms with van der Waals surface area (Å²) in [6.45, 7) is 3.21. The van der Waals surface area contributed by atoms with Crippen molar-refractivity contribution in [1.29, 1.82) is 0 Å². The molecule has 140 valence electrons. The molecule has 1 saturated heterocycles. The van der Waals surface area contributed by atoms with E-state index in [2.05, 4.69) is 51.3 Å². The van der Waals surface area contributed by atoms with Gasteiger partial charge in [0.1, 0.15) is 0 Å². The first kappa shape index (κ1) is 17.1. The Kier molecular flexibility index (Phi) is 4.59. The molecule has 5 nitrogen and oxygen atoms in total. The average Bonchev–Trinajstić information content (AvgIpc) is 3.20. The summed E-state index contributed by atoms with van der Waals surface area (Å²) in [5, 5.41) is 4.86.